The molecule has 112 valence electrons. The highest BCUT2D eigenvalue weighted by Crippen LogP contribution is 2.16. The molecule has 0 heterocycles. The highest BCUT2D eigenvalue weighted by molar-refractivity contribution is 7.90. The predicted molar refractivity (Wildman–Crippen MR) is 81.5 cm³/mol. The molecule has 0 aliphatic carbocycles. The molecule has 1 aromatic rings. The van der Waals surface area contributed by atoms with E-state index < -0.39 is 15.9 Å². The van der Waals surface area contributed by atoms with E-state index in [4.69, 9.17) is 5.73 Å². The molecule has 1 amide bonds. The highest BCUT2D eigenvalue weighted by atomic mass is 32.2. The molecule has 0 aliphatic heterocycles. The monoisotopic (exact) mass is 298 g/mol. The zero-order valence-corrected chi connectivity index (χ0v) is 13.0. The second-order valence-corrected chi connectivity index (χ2v) is 7.27. The van der Waals surface area contributed by atoms with Gasteiger partial charge >= 0.3 is 0 Å². The minimum atomic E-state index is -3.10. The normalized spacial score (nSPS) is 13.0. The van der Waals surface area contributed by atoms with Gasteiger partial charge in [-0.15, -0.1) is 0 Å². The summed E-state index contributed by atoms with van der Waals surface area (Å²) >= 11 is 0. The van der Waals surface area contributed by atoms with Crippen LogP contribution in [0.15, 0.2) is 18.2 Å². The van der Waals surface area contributed by atoms with Crippen molar-refractivity contribution in [3.05, 3.63) is 29.3 Å². The molecular formula is C14H22N2O3S. The standard InChI is InChI=1S/C14H22N2O3S/c1-4-11-9-12(6-5-10(11)2)16-14(17)13(15)7-8-20(3,18)19/h5-6,9,13H,4,7-8,15H2,1-3H3,(H,16,17). The molecule has 1 aromatic carbocycles. The van der Waals surface area contributed by atoms with Gasteiger partial charge in [-0.1, -0.05) is 13.0 Å². The smallest absolute Gasteiger partial charge is 0.241 e. The zero-order chi connectivity index (χ0) is 15.3. The van der Waals surface area contributed by atoms with Gasteiger partial charge in [0.15, 0.2) is 0 Å². The SMILES string of the molecule is CCc1cc(NC(=O)C(N)CCS(C)(=O)=O)ccc1C. The number of benzene rings is 1. The fourth-order valence-electron chi connectivity index (χ4n) is 1.84. The van der Waals surface area contributed by atoms with Crippen molar-refractivity contribution < 1.29 is 13.2 Å². The van der Waals surface area contributed by atoms with Crippen LogP contribution in [-0.4, -0.2) is 32.4 Å². The van der Waals surface area contributed by atoms with Gasteiger partial charge in [0.2, 0.25) is 5.91 Å². The van der Waals surface area contributed by atoms with Gasteiger partial charge < -0.3 is 11.1 Å². The maximum atomic E-state index is 11.9. The third kappa shape index (κ3) is 5.30. The van der Waals surface area contributed by atoms with Crippen molar-refractivity contribution in [2.24, 2.45) is 5.73 Å². The van der Waals surface area contributed by atoms with Crippen LogP contribution in [0.25, 0.3) is 0 Å². The largest absolute Gasteiger partial charge is 0.325 e. The van der Waals surface area contributed by atoms with Crippen LogP contribution < -0.4 is 11.1 Å². The van der Waals surface area contributed by atoms with E-state index in [1.165, 1.54) is 5.56 Å². The van der Waals surface area contributed by atoms with E-state index in [-0.39, 0.29) is 18.1 Å². The van der Waals surface area contributed by atoms with Crippen LogP contribution in [0.1, 0.15) is 24.5 Å². The Bertz CT molecular complexity index is 582. The fourth-order valence-corrected chi connectivity index (χ4v) is 2.52. The van der Waals surface area contributed by atoms with Crippen LogP contribution >= 0.6 is 0 Å². The maximum absolute atomic E-state index is 11.9. The topological polar surface area (TPSA) is 89.3 Å². The van der Waals surface area contributed by atoms with E-state index in [9.17, 15) is 13.2 Å². The molecule has 20 heavy (non-hydrogen) atoms. The predicted octanol–water partition coefficient (Wildman–Crippen LogP) is 1.26. The molecule has 1 unspecified atom stereocenters. The number of aryl methyl sites for hydroxylation is 2. The van der Waals surface area contributed by atoms with Crippen LogP contribution in [0.3, 0.4) is 0 Å². The highest BCUT2D eigenvalue weighted by Gasteiger charge is 2.16. The molecule has 5 nitrogen and oxygen atoms in total. The van der Waals surface area contributed by atoms with Crippen LogP contribution in [0.4, 0.5) is 5.69 Å². The van der Waals surface area contributed by atoms with E-state index in [2.05, 4.69) is 5.32 Å². The number of rotatable bonds is 6. The summed E-state index contributed by atoms with van der Waals surface area (Å²) in [6.07, 6.45) is 2.14. The van der Waals surface area contributed by atoms with Gasteiger partial charge in [-0.25, -0.2) is 8.42 Å². The van der Waals surface area contributed by atoms with E-state index >= 15 is 0 Å². The summed E-state index contributed by atoms with van der Waals surface area (Å²) in [7, 11) is -3.10. The fraction of sp³-hybridized carbons (Fsp3) is 0.500. The first-order valence-corrected chi connectivity index (χ1v) is 8.62. The van der Waals surface area contributed by atoms with Crippen LogP contribution in [-0.2, 0) is 21.1 Å². The van der Waals surface area contributed by atoms with E-state index in [0.717, 1.165) is 18.2 Å². The summed E-state index contributed by atoms with van der Waals surface area (Å²) in [4.78, 5) is 11.9. The molecule has 1 atom stereocenters. The van der Waals surface area contributed by atoms with Crippen LogP contribution in [0, 0.1) is 6.92 Å². The number of carbonyl (C=O) groups is 1. The lowest BCUT2D eigenvalue weighted by Crippen LogP contribution is -2.37. The third-order valence-electron chi connectivity index (χ3n) is 3.13. The molecular weight excluding hydrogens is 276 g/mol. The molecule has 6 heteroatoms. The summed E-state index contributed by atoms with van der Waals surface area (Å²) in [5.74, 6) is -0.449. The van der Waals surface area contributed by atoms with Crippen molar-refractivity contribution in [2.45, 2.75) is 32.7 Å². The first kappa shape index (κ1) is 16.7. The molecule has 0 aromatic heterocycles. The van der Waals surface area contributed by atoms with E-state index in [1.54, 1.807) is 0 Å². The molecule has 0 bridgehead atoms. The Morgan fingerprint density at radius 2 is 2.05 bits per heavy atom. The van der Waals surface area contributed by atoms with E-state index in [0.29, 0.717) is 5.69 Å². The average Bonchev–Trinajstić information content (AvgIpc) is 2.37. The van der Waals surface area contributed by atoms with Gasteiger partial charge in [0.05, 0.1) is 11.8 Å². The molecule has 1 rings (SSSR count). The molecule has 0 fully saturated rings. The van der Waals surface area contributed by atoms with Gasteiger partial charge in [0, 0.05) is 11.9 Å². The minimum Gasteiger partial charge on any atom is -0.325 e. The van der Waals surface area contributed by atoms with E-state index in [1.807, 2.05) is 32.0 Å². The lowest BCUT2D eigenvalue weighted by molar-refractivity contribution is -0.117. The van der Waals surface area contributed by atoms with Gasteiger partial charge in [-0.2, -0.15) is 0 Å². The zero-order valence-electron chi connectivity index (χ0n) is 12.1. The van der Waals surface area contributed by atoms with Crippen molar-refractivity contribution in [2.75, 3.05) is 17.3 Å². The van der Waals surface area contributed by atoms with Crippen molar-refractivity contribution in [1.82, 2.24) is 0 Å². The molecule has 0 radical (unpaired) electrons. The van der Waals surface area contributed by atoms with Crippen molar-refractivity contribution >= 4 is 21.4 Å². The number of sulfone groups is 1. The van der Waals surface area contributed by atoms with Crippen LogP contribution in [0.2, 0.25) is 0 Å². The maximum Gasteiger partial charge on any atom is 0.241 e. The Hall–Kier alpha value is -1.40. The summed E-state index contributed by atoms with van der Waals surface area (Å²) in [5.41, 5.74) is 8.72. The number of carbonyl (C=O) groups excluding carboxylic acids is 1. The van der Waals surface area contributed by atoms with Crippen molar-refractivity contribution in [1.29, 1.82) is 0 Å². The second-order valence-electron chi connectivity index (χ2n) is 5.01. The summed E-state index contributed by atoms with van der Waals surface area (Å²) < 4.78 is 22.1. The summed E-state index contributed by atoms with van der Waals surface area (Å²) in [6.45, 7) is 4.06. The Labute approximate surface area is 120 Å². The number of hydrogen-bond donors (Lipinski definition) is 2. The van der Waals surface area contributed by atoms with Gasteiger partial charge in [-0.05, 0) is 43.0 Å². The molecule has 0 aliphatic rings. The van der Waals surface area contributed by atoms with Crippen LogP contribution in [0.5, 0.6) is 0 Å². The Kier molecular flexibility index (Phi) is 5.71. The summed E-state index contributed by atoms with van der Waals surface area (Å²) in [5, 5.41) is 2.72. The quantitative estimate of drug-likeness (QED) is 0.827. The molecule has 0 saturated heterocycles. The van der Waals surface area contributed by atoms with Gasteiger partial charge in [-0.3, -0.25) is 4.79 Å². The lowest BCUT2D eigenvalue weighted by atomic mass is 10.1. The lowest BCUT2D eigenvalue weighted by Gasteiger charge is -2.13. The number of hydrogen-bond acceptors (Lipinski definition) is 4. The van der Waals surface area contributed by atoms with Crippen molar-refractivity contribution in [3.63, 3.8) is 0 Å². The number of anilines is 1. The molecule has 0 spiro atoms. The number of nitrogens with two attached hydrogens (primary N) is 1. The minimum absolute atomic E-state index is 0.0876. The summed E-state index contributed by atoms with van der Waals surface area (Å²) in [6, 6.07) is 4.85. The molecule has 3 N–H and O–H groups in total. The van der Waals surface area contributed by atoms with Crippen molar-refractivity contribution in [3.8, 4) is 0 Å². The Morgan fingerprint density at radius 1 is 1.40 bits per heavy atom. The Morgan fingerprint density at radius 3 is 2.60 bits per heavy atom. The van der Waals surface area contributed by atoms with Gasteiger partial charge in [0.1, 0.15) is 9.84 Å². The molecule has 0 saturated carbocycles. The number of amides is 1. The third-order valence-corrected chi connectivity index (χ3v) is 4.11. The average molecular weight is 298 g/mol. The number of nitrogens with one attached hydrogen (secondary N) is 1. The second kappa shape index (κ2) is 6.85. The van der Waals surface area contributed by atoms with Gasteiger partial charge in [0.25, 0.3) is 0 Å². The first-order chi connectivity index (χ1) is 9.23. The first-order valence-electron chi connectivity index (χ1n) is 6.56. The Balaban J connectivity index is 2.66.